The van der Waals surface area contributed by atoms with E-state index in [1.807, 2.05) is 55.5 Å². The van der Waals surface area contributed by atoms with Gasteiger partial charge in [0, 0.05) is 17.8 Å². The molecular weight excluding hydrogens is 434 g/mol. The summed E-state index contributed by atoms with van der Waals surface area (Å²) in [6.45, 7) is 2.05. The normalized spacial score (nSPS) is 15.5. The highest BCUT2D eigenvalue weighted by Gasteiger charge is 2.28. The smallest absolute Gasteiger partial charge is 0.235 e. The number of amides is 1. The Balaban J connectivity index is 1.67. The molecule has 1 amide bonds. The predicted octanol–water partition coefficient (Wildman–Crippen LogP) is 4.08. The zero-order valence-corrected chi connectivity index (χ0v) is 18.6. The van der Waals surface area contributed by atoms with E-state index in [-0.39, 0.29) is 17.6 Å². The fourth-order valence-corrected chi connectivity index (χ4v) is 4.04. The van der Waals surface area contributed by atoms with Crippen LogP contribution in [0.4, 0.5) is 11.4 Å². The lowest BCUT2D eigenvalue weighted by molar-refractivity contribution is -0.117. The lowest BCUT2D eigenvalue weighted by Gasteiger charge is -2.21. The topological polar surface area (TPSA) is 97.4 Å². The van der Waals surface area contributed by atoms with Crippen molar-refractivity contribution < 1.29 is 4.79 Å². The van der Waals surface area contributed by atoms with Crippen molar-refractivity contribution in [1.82, 2.24) is 25.5 Å². The summed E-state index contributed by atoms with van der Waals surface area (Å²) in [5.74, 6) is 0.205. The summed E-state index contributed by atoms with van der Waals surface area (Å²) in [6, 6.07) is 15.2. The quantitative estimate of drug-likeness (QED) is 0.587. The van der Waals surface area contributed by atoms with Gasteiger partial charge in [-0.1, -0.05) is 54.6 Å². The van der Waals surface area contributed by atoms with Crippen LogP contribution in [0.3, 0.4) is 0 Å². The molecule has 31 heavy (non-hydrogen) atoms. The molecule has 0 bridgehead atoms. The van der Waals surface area contributed by atoms with Crippen LogP contribution >= 0.6 is 23.4 Å². The second kappa shape index (κ2) is 9.40. The molecule has 0 saturated heterocycles. The number of rotatable bonds is 5. The van der Waals surface area contributed by atoms with Gasteiger partial charge in [-0.15, -0.1) is 5.10 Å². The first-order valence-electron chi connectivity index (χ1n) is 9.70. The maximum absolute atomic E-state index is 12.8. The number of thioether (sulfide) groups is 1. The molecule has 1 unspecified atom stereocenters. The molecule has 10 heteroatoms. The molecule has 0 fully saturated rings. The molecule has 0 saturated carbocycles. The van der Waals surface area contributed by atoms with Gasteiger partial charge in [0.2, 0.25) is 11.1 Å². The van der Waals surface area contributed by atoms with Crippen LogP contribution in [-0.4, -0.2) is 43.4 Å². The zero-order chi connectivity index (χ0) is 21.8. The molecule has 1 N–H and O–H groups in total. The van der Waals surface area contributed by atoms with Crippen LogP contribution in [0.1, 0.15) is 24.8 Å². The van der Waals surface area contributed by atoms with Gasteiger partial charge in [0.05, 0.1) is 23.0 Å². The molecule has 158 valence electrons. The number of aromatic nitrogens is 4. The third-order valence-electron chi connectivity index (χ3n) is 4.74. The summed E-state index contributed by atoms with van der Waals surface area (Å²) in [7, 11) is 1.73. The first kappa shape index (κ1) is 21.2. The Morgan fingerprint density at radius 3 is 2.48 bits per heavy atom. The molecule has 1 aliphatic heterocycles. The lowest BCUT2D eigenvalue weighted by atomic mass is 9.91. The highest BCUT2D eigenvalue weighted by molar-refractivity contribution is 7.99. The van der Waals surface area contributed by atoms with Crippen LogP contribution < -0.4 is 5.32 Å². The Bertz CT molecular complexity index is 1160. The predicted molar refractivity (Wildman–Crippen MR) is 123 cm³/mol. The fraction of sp³-hybridized carbons (Fsp3) is 0.238. The van der Waals surface area contributed by atoms with Crippen molar-refractivity contribution in [1.29, 1.82) is 0 Å². The number of carbonyl (C=O) groups excluding carboxylic acids is 1. The molecule has 0 spiro atoms. The van der Waals surface area contributed by atoms with E-state index in [1.165, 1.54) is 16.4 Å². The van der Waals surface area contributed by atoms with Crippen molar-refractivity contribution in [2.75, 3.05) is 5.75 Å². The van der Waals surface area contributed by atoms with Crippen molar-refractivity contribution in [2.45, 2.75) is 24.4 Å². The number of tetrazole rings is 1. The number of hydrogen-bond donors (Lipinski definition) is 1. The molecule has 1 aliphatic rings. The summed E-state index contributed by atoms with van der Waals surface area (Å²) in [4.78, 5) is 22.5. The number of benzene rings is 2. The van der Waals surface area contributed by atoms with Gasteiger partial charge in [0.25, 0.3) is 0 Å². The zero-order valence-electron chi connectivity index (χ0n) is 17.0. The monoisotopic (exact) mass is 453 g/mol. The van der Waals surface area contributed by atoms with E-state index in [0.29, 0.717) is 28.1 Å². The first-order valence-corrected chi connectivity index (χ1v) is 11.1. The minimum atomic E-state index is -0.292. The lowest BCUT2D eigenvalue weighted by Crippen LogP contribution is -2.38. The Morgan fingerprint density at radius 1 is 1.13 bits per heavy atom. The fourth-order valence-electron chi connectivity index (χ4n) is 3.27. The summed E-state index contributed by atoms with van der Waals surface area (Å²) in [5.41, 5.74) is 3.37. The van der Waals surface area contributed by atoms with Crippen LogP contribution in [-0.2, 0) is 11.8 Å². The van der Waals surface area contributed by atoms with Gasteiger partial charge in [-0.3, -0.25) is 9.79 Å². The van der Waals surface area contributed by atoms with E-state index in [0.717, 1.165) is 17.0 Å². The number of aliphatic imine (C=N–C) groups is 2. The van der Waals surface area contributed by atoms with Crippen molar-refractivity contribution in [2.24, 2.45) is 17.0 Å². The highest BCUT2D eigenvalue weighted by Crippen LogP contribution is 2.35. The number of fused-ring (bicyclic) bond motifs is 1. The van der Waals surface area contributed by atoms with E-state index >= 15 is 0 Å². The summed E-state index contributed by atoms with van der Waals surface area (Å²) in [5, 5.41) is 15.5. The van der Waals surface area contributed by atoms with Gasteiger partial charge in [-0.05, 0) is 46.7 Å². The third-order valence-corrected chi connectivity index (χ3v) is 6.00. The second-order valence-corrected chi connectivity index (χ2v) is 8.23. The number of aryl methyl sites for hydroxylation is 1. The van der Waals surface area contributed by atoms with E-state index in [2.05, 4.69) is 20.8 Å². The Kier molecular flexibility index (Phi) is 6.43. The van der Waals surface area contributed by atoms with Crippen molar-refractivity contribution in [3.8, 4) is 0 Å². The Morgan fingerprint density at radius 2 is 1.84 bits per heavy atom. The van der Waals surface area contributed by atoms with Gasteiger partial charge in [-0.2, -0.15) is 0 Å². The number of carbonyl (C=O) groups is 1. The molecule has 1 atom stereocenters. The standard InChI is InChI=1S/C21H20ClN7OS/c1-3-15-19(13-8-10-14(22)11-9-13)20(24-17-7-5-4-6-16(17)23-15)25-18(30)12-31-21-26-27-28-29(21)2/h4-11,19H,3,12H2,1-2H3,(H,24,25,30). The minimum absolute atomic E-state index is 0.154. The van der Waals surface area contributed by atoms with E-state index in [4.69, 9.17) is 21.6 Å². The summed E-state index contributed by atoms with van der Waals surface area (Å²) < 4.78 is 1.52. The van der Waals surface area contributed by atoms with Gasteiger partial charge in [-0.25, -0.2) is 9.67 Å². The molecular formula is C21H20ClN7OS. The Hall–Kier alpha value is -3.04. The molecule has 0 aliphatic carbocycles. The van der Waals surface area contributed by atoms with E-state index < -0.39 is 0 Å². The average Bonchev–Trinajstić information content (AvgIpc) is 3.11. The van der Waals surface area contributed by atoms with E-state index in [1.54, 1.807) is 7.05 Å². The van der Waals surface area contributed by atoms with Crippen molar-refractivity contribution in [3.05, 3.63) is 59.1 Å². The summed E-state index contributed by atoms with van der Waals surface area (Å²) >= 11 is 7.36. The van der Waals surface area contributed by atoms with Crippen LogP contribution in [0.2, 0.25) is 5.02 Å². The van der Waals surface area contributed by atoms with Gasteiger partial charge in [0.1, 0.15) is 5.84 Å². The average molecular weight is 454 g/mol. The van der Waals surface area contributed by atoms with Crippen LogP contribution in [0, 0.1) is 0 Å². The number of nitrogens with one attached hydrogen (secondary N) is 1. The second-order valence-electron chi connectivity index (χ2n) is 6.85. The van der Waals surface area contributed by atoms with Crippen molar-refractivity contribution in [3.63, 3.8) is 0 Å². The third kappa shape index (κ3) is 4.83. The Labute approximate surface area is 188 Å². The molecule has 3 aromatic rings. The maximum atomic E-state index is 12.8. The minimum Gasteiger partial charge on any atom is -0.313 e. The van der Waals surface area contributed by atoms with E-state index in [9.17, 15) is 4.79 Å². The molecule has 4 rings (SSSR count). The maximum Gasteiger partial charge on any atom is 0.235 e. The highest BCUT2D eigenvalue weighted by atomic mass is 35.5. The summed E-state index contributed by atoms with van der Waals surface area (Å²) in [6.07, 6.45) is 0.704. The van der Waals surface area contributed by atoms with Gasteiger partial charge >= 0.3 is 0 Å². The number of amidine groups is 1. The molecule has 2 heterocycles. The molecule has 8 nitrogen and oxygen atoms in total. The van der Waals surface area contributed by atoms with Gasteiger partial charge in [0.15, 0.2) is 0 Å². The molecule has 1 aromatic heterocycles. The number of hydrogen-bond acceptors (Lipinski definition) is 7. The number of para-hydroxylation sites is 2. The molecule has 0 radical (unpaired) electrons. The van der Waals surface area contributed by atoms with Crippen molar-refractivity contribution >= 4 is 52.2 Å². The largest absolute Gasteiger partial charge is 0.313 e. The number of nitrogens with zero attached hydrogens (tertiary/aromatic N) is 6. The van der Waals surface area contributed by atoms with Crippen LogP contribution in [0.15, 0.2) is 63.7 Å². The molecule has 2 aromatic carbocycles. The van der Waals surface area contributed by atoms with Gasteiger partial charge < -0.3 is 5.32 Å². The van der Waals surface area contributed by atoms with Crippen LogP contribution in [0.5, 0.6) is 0 Å². The number of halogens is 1. The SMILES string of the molecule is CCC1=Nc2ccccc2N=C(NC(=O)CSc2nnnn2C)C1c1ccc(Cl)cc1. The first-order chi connectivity index (χ1) is 15.0. The van der Waals surface area contributed by atoms with Crippen LogP contribution in [0.25, 0.3) is 0 Å².